The number of hydrogen-bond acceptors (Lipinski definition) is 2. The van der Waals surface area contributed by atoms with E-state index in [1.54, 1.807) is 0 Å². The molecular formula is C31H29BrN2. The minimum Gasteiger partial charge on any atom is -0.270 e. The van der Waals surface area contributed by atoms with Crippen molar-refractivity contribution in [1.29, 1.82) is 0 Å². The fraction of sp³-hybridized carbons (Fsp3) is 0.226. The van der Waals surface area contributed by atoms with E-state index in [9.17, 15) is 0 Å². The quantitative estimate of drug-likeness (QED) is 0.336. The van der Waals surface area contributed by atoms with Gasteiger partial charge in [0.25, 0.3) is 0 Å². The second kappa shape index (κ2) is 9.31. The summed E-state index contributed by atoms with van der Waals surface area (Å²) in [5, 5.41) is 0. The zero-order chi connectivity index (χ0) is 23.8. The summed E-state index contributed by atoms with van der Waals surface area (Å²) in [6.45, 7) is 8.97. The Kier molecular flexibility index (Phi) is 6.22. The Morgan fingerprint density at radius 1 is 0.676 bits per heavy atom. The van der Waals surface area contributed by atoms with Crippen molar-refractivity contribution in [3.05, 3.63) is 112 Å². The zero-order valence-corrected chi connectivity index (χ0v) is 21.7. The van der Waals surface area contributed by atoms with Gasteiger partial charge < -0.3 is 0 Å². The molecule has 1 atom stereocenters. The first kappa shape index (κ1) is 22.7. The monoisotopic (exact) mass is 508 g/mol. The first-order valence-corrected chi connectivity index (χ1v) is 12.8. The predicted molar refractivity (Wildman–Crippen MR) is 149 cm³/mol. The highest BCUT2D eigenvalue weighted by molar-refractivity contribution is 9.11. The SMILES string of the molecule is CC(C)c1cccc(C(C)C)c1N=C1C(=NC2C=CC=C2Br)c2ccccc2-c2ccccc21. The number of benzene rings is 3. The molecular weight excluding hydrogens is 480 g/mol. The number of fused-ring (bicyclic) bond motifs is 3. The maximum atomic E-state index is 5.48. The molecule has 0 saturated heterocycles. The minimum atomic E-state index is -0.0385. The van der Waals surface area contributed by atoms with Crippen LogP contribution in [0.4, 0.5) is 5.69 Å². The van der Waals surface area contributed by atoms with Crippen molar-refractivity contribution in [3.63, 3.8) is 0 Å². The number of nitrogens with zero attached hydrogens (tertiary/aromatic N) is 2. The van der Waals surface area contributed by atoms with Crippen LogP contribution in [0.5, 0.6) is 0 Å². The number of aliphatic imine (C=N–C) groups is 2. The molecule has 0 amide bonds. The summed E-state index contributed by atoms with van der Waals surface area (Å²) >= 11 is 3.70. The van der Waals surface area contributed by atoms with Crippen LogP contribution in [-0.2, 0) is 0 Å². The van der Waals surface area contributed by atoms with Gasteiger partial charge in [0.2, 0.25) is 0 Å². The molecule has 3 heteroatoms. The lowest BCUT2D eigenvalue weighted by Gasteiger charge is -2.25. The zero-order valence-electron chi connectivity index (χ0n) is 20.1. The summed E-state index contributed by atoms with van der Waals surface area (Å²) < 4.78 is 1.07. The van der Waals surface area contributed by atoms with Gasteiger partial charge in [0.1, 0.15) is 6.04 Å². The number of allylic oxidation sites excluding steroid dienone is 2. The van der Waals surface area contributed by atoms with Gasteiger partial charge in [-0.2, -0.15) is 0 Å². The van der Waals surface area contributed by atoms with Crippen LogP contribution in [0.15, 0.2) is 99.4 Å². The Labute approximate surface area is 211 Å². The highest BCUT2D eigenvalue weighted by atomic mass is 79.9. The normalized spacial score (nSPS) is 19.1. The third-order valence-corrected chi connectivity index (χ3v) is 7.28. The maximum absolute atomic E-state index is 5.48. The number of halogens is 1. The Balaban J connectivity index is 1.84. The molecule has 170 valence electrons. The van der Waals surface area contributed by atoms with Crippen LogP contribution < -0.4 is 0 Å². The first-order chi connectivity index (χ1) is 16.5. The molecule has 0 bridgehead atoms. The smallest absolute Gasteiger partial charge is 0.101 e. The van der Waals surface area contributed by atoms with Gasteiger partial charge in [0.05, 0.1) is 17.1 Å². The van der Waals surface area contributed by atoms with Gasteiger partial charge in [-0.05, 0) is 40.2 Å². The summed E-state index contributed by atoms with van der Waals surface area (Å²) in [5.74, 6) is 0.749. The van der Waals surface area contributed by atoms with E-state index in [0.29, 0.717) is 11.8 Å². The molecule has 3 aromatic carbocycles. The van der Waals surface area contributed by atoms with Crippen molar-refractivity contribution in [1.82, 2.24) is 0 Å². The summed E-state index contributed by atoms with van der Waals surface area (Å²) in [7, 11) is 0. The highest BCUT2D eigenvalue weighted by Crippen LogP contribution is 2.39. The largest absolute Gasteiger partial charge is 0.270 e. The molecule has 2 nitrogen and oxygen atoms in total. The van der Waals surface area contributed by atoms with E-state index in [1.165, 1.54) is 22.3 Å². The van der Waals surface area contributed by atoms with Crippen molar-refractivity contribution >= 4 is 33.0 Å². The molecule has 34 heavy (non-hydrogen) atoms. The molecule has 0 N–H and O–H groups in total. The Hall–Kier alpha value is -3.04. The second-order valence-electron chi connectivity index (χ2n) is 9.51. The molecule has 0 fully saturated rings. The van der Waals surface area contributed by atoms with E-state index < -0.39 is 0 Å². The van der Waals surface area contributed by atoms with Gasteiger partial charge in [-0.25, -0.2) is 4.99 Å². The fourth-order valence-electron chi connectivity index (χ4n) is 4.79. The topological polar surface area (TPSA) is 24.7 Å². The molecule has 1 unspecified atom stereocenters. The maximum Gasteiger partial charge on any atom is 0.101 e. The van der Waals surface area contributed by atoms with Crippen LogP contribution in [-0.4, -0.2) is 17.5 Å². The highest BCUT2D eigenvalue weighted by Gasteiger charge is 2.29. The van der Waals surface area contributed by atoms with Gasteiger partial charge in [-0.15, -0.1) is 0 Å². The molecule has 0 spiro atoms. The summed E-state index contributed by atoms with van der Waals surface area (Å²) in [6, 6.07) is 23.7. The molecule has 0 radical (unpaired) electrons. The van der Waals surface area contributed by atoms with E-state index in [1.807, 2.05) is 0 Å². The van der Waals surface area contributed by atoms with E-state index >= 15 is 0 Å². The Bertz CT molecular complexity index is 1350. The van der Waals surface area contributed by atoms with Crippen molar-refractivity contribution in [3.8, 4) is 11.1 Å². The molecule has 2 aliphatic rings. The van der Waals surface area contributed by atoms with Crippen molar-refractivity contribution in [2.24, 2.45) is 9.98 Å². The summed E-state index contributed by atoms with van der Waals surface area (Å²) in [5.41, 5.74) is 10.2. The Morgan fingerprint density at radius 3 is 1.71 bits per heavy atom. The molecule has 0 heterocycles. The van der Waals surface area contributed by atoms with E-state index in [2.05, 4.69) is 129 Å². The predicted octanol–water partition coefficient (Wildman–Crippen LogP) is 8.74. The van der Waals surface area contributed by atoms with Gasteiger partial charge >= 0.3 is 0 Å². The molecule has 0 aromatic heterocycles. The van der Waals surface area contributed by atoms with Crippen LogP contribution in [0.3, 0.4) is 0 Å². The van der Waals surface area contributed by atoms with E-state index in [0.717, 1.165) is 32.7 Å². The van der Waals surface area contributed by atoms with Gasteiger partial charge in [-0.3, -0.25) is 4.99 Å². The van der Waals surface area contributed by atoms with E-state index in [-0.39, 0.29) is 6.04 Å². The summed E-state index contributed by atoms with van der Waals surface area (Å²) in [6.07, 6.45) is 6.25. The molecule has 3 aromatic rings. The molecule has 5 rings (SSSR count). The molecule has 2 aliphatic carbocycles. The lowest BCUT2D eigenvalue weighted by atomic mass is 9.82. The van der Waals surface area contributed by atoms with Crippen LogP contribution in [0.2, 0.25) is 0 Å². The average Bonchev–Trinajstić information content (AvgIpc) is 3.25. The second-order valence-corrected chi connectivity index (χ2v) is 10.4. The average molecular weight is 509 g/mol. The van der Waals surface area contributed by atoms with Gasteiger partial charge in [0, 0.05) is 15.6 Å². The number of rotatable bonds is 4. The lowest BCUT2D eigenvalue weighted by Crippen LogP contribution is -2.25. The number of hydrogen-bond donors (Lipinski definition) is 0. The van der Waals surface area contributed by atoms with Crippen LogP contribution >= 0.6 is 15.9 Å². The van der Waals surface area contributed by atoms with Crippen molar-refractivity contribution < 1.29 is 0 Å². The van der Waals surface area contributed by atoms with Crippen molar-refractivity contribution in [2.75, 3.05) is 0 Å². The molecule has 0 saturated carbocycles. The lowest BCUT2D eigenvalue weighted by molar-refractivity contribution is 0.835. The fourth-order valence-corrected chi connectivity index (χ4v) is 5.20. The third-order valence-electron chi connectivity index (χ3n) is 6.54. The van der Waals surface area contributed by atoms with Crippen LogP contribution in [0, 0.1) is 0 Å². The van der Waals surface area contributed by atoms with Gasteiger partial charge in [0.15, 0.2) is 0 Å². The molecule has 0 aliphatic heterocycles. The minimum absolute atomic E-state index is 0.0385. The van der Waals surface area contributed by atoms with Gasteiger partial charge in [-0.1, -0.05) is 123 Å². The van der Waals surface area contributed by atoms with Crippen LogP contribution in [0.1, 0.15) is 61.8 Å². The first-order valence-electron chi connectivity index (χ1n) is 12.0. The third kappa shape index (κ3) is 4.03. The van der Waals surface area contributed by atoms with Crippen LogP contribution in [0.25, 0.3) is 11.1 Å². The summed E-state index contributed by atoms with van der Waals surface area (Å²) in [4.78, 5) is 10.7. The number of para-hydroxylation sites is 1. The Morgan fingerprint density at radius 2 is 1.21 bits per heavy atom. The standard InChI is InChI=1S/C31H29BrN2/c1-19(2)21-15-9-16-22(20(3)4)29(21)34-31-26-14-8-6-12-24(26)23-11-5-7-13-25(23)30(31)33-28-18-10-17-27(28)32/h5-20,28H,1-4H3. The van der Waals surface area contributed by atoms with E-state index in [4.69, 9.17) is 9.98 Å². The van der Waals surface area contributed by atoms with Crippen molar-refractivity contribution in [2.45, 2.75) is 45.6 Å².